The molecule has 0 aromatic heterocycles. The zero-order chi connectivity index (χ0) is 18.6. The third-order valence-corrected chi connectivity index (χ3v) is 5.59. The molecule has 2 heterocycles. The van der Waals surface area contributed by atoms with Crippen molar-refractivity contribution in [2.24, 2.45) is 5.92 Å². The minimum atomic E-state index is -1.31. The quantitative estimate of drug-likeness (QED) is 0.839. The number of benzene rings is 1. The first-order chi connectivity index (χ1) is 12.5. The van der Waals surface area contributed by atoms with Gasteiger partial charge >= 0.3 is 0 Å². The molecule has 5 nitrogen and oxygen atoms in total. The molecule has 0 radical (unpaired) electrons. The molecule has 6 heteroatoms. The van der Waals surface area contributed by atoms with E-state index in [9.17, 15) is 14.3 Å². The molecule has 2 aliphatic rings. The van der Waals surface area contributed by atoms with Gasteiger partial charge in [-0.05, 0) is 62.4 Å². The van der Waals surface area contributed by atoms with Crippen LogP contribution in [0.2, 0.25) is 0 Å². The standard InChI is InChI=1S/C20H29FN2O3/c1-26-14-17-7-11-22(12-8-17)15-20(25)9-2-10-23(19(20)24)13-16-3-5-18(21)6-4-16/h3-6,17,25H,2,7-15H2,1H3/t20-/m0/s1. The van der Waals surface area contributed by atoms with Gasteiger partial charge in [-0.2, -0.15) is 0 Å². The maximum absolute atomic E-state index is 13.1. The number of β-amino-alcohol motifs (C(OH)–C–C–N with tert-alkyl or cyclic N) is 1. The lowest BCUT2D eigenvalue weighted by Gasteiger charge is -2.42. The number of methoxy groups -OCH3 is 1. The van der Waals surface area contributed by atoms with Crippen LogP contribution >= 0.6 is 0 Å². The number of halogens is 1. The van der Waals surface area contributed by atoms with E-state index in [1.54, 1.807) is 24.1 Å². The van der Waals surface area contributed by atoms with Gasteiger partial charge in [0.05, 0.1) is 0 Å². The van der Waals surface area contributed by atoms with Crippen molar-refractivity contribution in [3.8, 4) is 0 Å². The van der Waals surface area contributed by atoms with Crippen LogP contribution in [0.1, 0.15) is 31.2 Å². The Kier molecular flexibility index (Phi) is 6.27. The van der Waals surface area contributed by atoms with E-state index < -0.39 is 5.60 Å². The summed E-state index contributed by atoms with van der Waals surface area (Å²) in [4.78, 5) is 16.8. The van der Waals surface area contributed by atoms with Crippen LogP contribution < -0.4 is 0 Å². The zero-order valence-electron chi connectivity index (χ0n) is 15.5. The lowest BCUT2D eigenvalue weighted by Crippen LogP contribution is -2.59. The number of rotatable bonds is 6. The highest BCUT2D eigenvalue weighted by Crippen LogP contribution is 2.27. The summed E-state index contributed by atoms with van der Waals surface area (Å²) in [5, 5.41) is 11.0. The lowest BCUT2D eigenvalue weighted by molar-refractivity contribution is -0.160. The summed E-state index contributed by atoms with van der Waals surface area (Å²) < 4.78 is 18.3. The smallest absolute Gasteiger partial charge is 0.256 e. The molecule has 144 valence electrons. The zero-order valence-corrected chi connectivity index (χ0v) is 15.5. The molecule has 1 N–H and O–H groups in total. The molecule has 2 fully saturated rings. The van der Waals surface area contributed by atoms with Crippen LogP contribution in [-0.2, 0) is 16.1 Å². The van der Waals surface area contributed by atoms with Gasteiger partial charge in [-0.1, -0.05) is 12.1 Å². The van der Waals surface area contributed by atoms with E-state index in [0.717, 1.165) is 44.5 Å². The van der Waals surface area contributed by atoms with Crippen LogP contribution in [0.5, 0.6) is 0 Å². The average Bonchev–Trinajstić information content (AvgIpc) is 2.63. The second-order valence-corrected chi connectivity index (χ2v) is 7.66. The summed E-state index contributed by atoms with van der Waals surface area (Å²) in [6.07, 6.45) is 3.36. The number of hydrogen-bond acceptors (Lipinski definition) is 4. The molecule has 1 aromatic carbocycles. The molecule has 2 aliphatic heterocycles. The van der Waals surface area contributed by atoms with E-state index in [1.807, 2.05) is 0 Å². The molecular weight excluding hydrogens is 335 g/mol. The number of likely N-dealkylation sites (tertiary alicyclic amines) is 2. The third-order valence-electron chi connectivity index (χ3n) is 5.59. The van der Waals surface area contributed by atoms with Gasteiger partial charge in [-0.15, -0.1) is 0 Å². The van der Waals surface area contributed by atoms with Crippen LogP contribution in [0.3, 0.4) is 0 Å². The summed E-state index contributed by atoms with van der Waals surface area (Å²) in [7, 11) is 1.73. The van der Waals surface area contributed by atoms with E-state index in [4.69, 9.17) is 4.74 Å². The summed E-state index contributed by atoms with van der Waals surface area (Å²) in [5.41, 5.74) is -0.434. The fourth-order valence-electron chi connectivity index (χ4n) is 4.09. The Morgan fingerprint density at radius 3 is 2.58 bits per heavy atom. The van der Waals surface area contributed by atoms with Gasteiger partial charge in [0.1, 0.15) is 5.82 Å². The number of hydrogen-bond donors (Lipinski definition) is 1. The first-order valence-corrected chi connectivity index (χ1v) is 9.48. The van der Waals surface area contributed by atoms with E-state index in [2.05, 4.69) is 4.90 Å². The Morgan fingerprint density at radius 1 is 1.23 bits per heavy atom. The molecule has 26 heavy (non-hydrogen) atoms. The molecule has 1 atom stereocenters. The Hall–Kier alpha value is -1.50. The largest absolute Gasteiger partial charge is 0.384 e. The molecule has 3 rings (SSSR count). The lowest BCUT2D eigenvalue weighted by atomic mass is 9.89. The topological polar surface area (TPSA) is 53.0 Å². The predicted molar refractivity (Wildman–Crippen MR) is 97.0 cm³/mol. The van der Waals surface area contributed by atoms with Crippen LogP contribution in [0.15, 0.2) is 24.3 Å². The second-order valence-electron chi connectivity index (χ2n) is 7.66. The number of amides is 1. The Labute approximate surface area is 154 Å². The molecule has 1 aromatic rings. The van der Waals surface area contributed by atoms with Crippen molar-refractivity contribution in [1.82, 2.24) is 9.80 Å². The third kappa shape index (κ3) is 4.61. The molecule has 1 amide bonds. The molecular formula is C20H29FN2O3. The van der Waals surface area contributed by atoms with Gasteiger partial charge < -0.3 is 14.7 Å². The molecule has 0 bridgehead atoms. The van der Waals surface area contributed by atoms with E-state index >= 15 is 0 Å². The first-order valence-electron chi connectivity index (χ1n) is 9.48. The molecule has 0 aliphatic carbocycles. The van der Waals surface area contributed by atoms with Gasteiger partial charge in [0.2, 0.25) is 0 Å². The van der Waals surface area contributed by atoms with Crippen molar-refractivity contribution in [2.75, 3.05) is 39.9 Å². The normalized spacial score (nSPS) is 25.7. The Morgan fingerprint density at radius 2 is 1.92 bits per heavy atom. The maximum atomic E-state index is 13.1. The molecule has 0 unspecified atom stereocenters. The number of piperidine rings is 2. The van der Waals surface area contributed by atoms with Crippen molar-refractivity contribution < 1.29 is 19.0 Å². The van der Waals surface area contributed by atoms with Crippen molar-refractivity contribution in [1.29, 1.82) is 0 Å². The Balaban J connectivity index is 1.58. The number of nitrogens with zero attached hydrogens (tertiary/aromatic N) is 2. The van der Waals surface area contributed by atoms with Crippen LogP contribution in [0.25, 0.3) is 0 Å². The molecule has 0 saturated carbocycles. The SMILES string of the molecule is COCC1CCN(C[C@@]2(O)CCCN(Cc3ccc(F)cc3)C2=O)CC1. The molecule has 0 spiro atoms. The predicted octanol–water partition coefficient (Wildman–Crippen LogP) is 2.04. The summed E-state index contributed by atoms with van der Waals surface area (Å²) in [6.45, 7) is 4.00. The van der Waals surface area contributed by atoms with Crippen molar-refractivity contribution in [2.45, 2.75) is 37.8 Å². The number of carbonyl (C=O) groups is 1. The minimum absolute atomic E-state index is 0.202. The highest BCUT2D eigenvalue weighted by Gasteiger charge is 2.43. The van der Waals surface area contributed by atoms with E-state index in [-0.39, 0.29) is 11.7 Å². The van der Waals surface area contributed by atoms with Gasteiger partial charge in [-0.25, -0.2) is 4.39 Å². The fraction of sp³-hybridized carbons (Fsp3) is 0.650. The van der Waals surface area contributed by atoms with Crippen molar-refractivity contribution in [3.63, 3.8) is 0 Å². The van der Waals surface area contributed by atoms with Gasteiger partial charge in [0, 0.05) is 33.4 Å². The first kappa shape index (κ1) is 19.3. The second kappa shape index (κ2) is 8.46. The van der Waals surface area contributed by atoms with Crippen LogP contribution in [0, 0.1) is 11.7 Å². The van der Waals surface area contributed by atoms with Gasteiger partial charge in [0.15, 0.2) is 5.60 Å². The van der Waals surface area contributed by atoms with Gasteiger partial charge in [-0.3, -0.25) is 9.69 Å². The summed E-state index contributed by atoms with van der Waals surface area (Å²) >= 11 is 0. The minimum Gasteiger partial charge on any atom is -0.384 e. The number of carbonyl (C=O) groups excluding carboxylic acids is 1. The average molecular weight is 364 g/mol. The van der Waals surface area contributed by atoms with Crippen molar-refractivity contribution >= 4 is 5.91 Å². The molecule has 2 saturated heterocycles. The van der Waals surface area contributed by atoms with Crippen LogP contribution in [-0.4, -0.2) is 66.3 Å². The summed E-state index contributed by atoms with van der Waals surface area (Å²) in [5.74, 6) is 0.0853. The van der Waals surface area contributed by atoms with E-state index in [0.29, 0.717) is 32.0 Å². The summed E-state index contributed by atoms with van der Waals surface area (Å²) in [6, 6.07) is 6.19. The highest BCUT2D eigenvalue weighted by molar-refractivity contribution is 5.86. The number of ether oxygens (including phenoxy) is 1. The highest BCUT2D eigenvalue weighted by atomic mass is 19.1. The Bertz CT molecular complexity index is 602. The maximum Gasteiger partial charge on any atom is 0.256 e. The van der Waals surface area contributed by atoms with Crippen molar-refractivity contribution in [3.05, 3.63) is 35.6 Å². The number of aliphatic hydroxyl groups is 1. The monoisotopic (exact) mass is 364 g/mol. The van der Waals surface area contributed by atoms with Gasteiger partial charge in [0.25, 0.3) is 5.91 Å². The van der Waals surface area contributed by atoms with E-state index in [1.165, 1.54) is 12.1 Å². The van der Waals surface area contributed by atoms with Crippen LogP contribution in [0.4, 0.5) is 4.39 Å². The fourth-order valence-corrected chi connectivity index (χ4v) is 4.09.